The molecular weight excluding hydrogens is 460 g/mol. The summed E-state index contributed by atoms with van der Waals surface area (Å²) in [5.74, 6) is -0.982. The number of amides is 1. The van der Waals surface area contributed by atoms with Gasteiger partial charge < -0.3 is 9.47 Å². The fourth-order valence-corrected chi connectivity index (χ4v) is 4.46. The van der Waals surface area contributed by atoms with E-state index in [-0.39, 0.29) is 23.8 Å². The summed E-state index contributed by atoms with van der Waals surface area (Å²) in [6.45, 7) is 6.29. The molecule has 32 heavy (non-hydrogen) atoms. The predicted octanol–water partition coefficient (Wildman–Crippen LogP) is 4.37. The van der Waals surface area contributed by atoms with Gasteiger partial charge in [-0.3, -0.25) is 14.6 Å². The molecule has 2 heterocycles. The second-order valence-electron chi connectivity index (χ2n) is 7.10. The van der Waals surface area contributed by atoms with Crippen molar-refractivity contribution in [3.8, 4) is 5.75 Å². The maximum atomic E-state index is 14.2. The summed E-state index contributed by atoms with van der Waals surface area (Å²) in [4.78, 5) is 21.4. The summed E-state index contributed by atoms with van der Waals surface area (Å²) in [7, 11) is 0. The van der Waals surface area contributed by atoms with Gasteiger partial charge in [0, 0.05) is 37.8 Å². The van der Waals surface area contributed by atoms with Crippen LogP contribution >= 0.6 is 23.7 Å². The van der Waals surface area contributed by atoms with Crippen molar-refractivity contribution in [1.82, 2.24) is 9.88 Å². The van der Waals surface area contributed by atoms with E-state index >= 15 is 0 Å². The fraction of sp³-hybridized carbons (Fsp3) is 0.364. The van der Waals surface area contributed by atoms with Crippen LogP contribution in [0.3, 0.4) is 0 Å². The molecule has 172 valence electrons. The topological polar surface area (TPSA) is 54.9 Å². The Balaban J connectivity index is 0.00000289. The molecule has 0 spiro atoms. The summed E-state index contributed by atoms with van der Waals surface area (Å²) in [6.07, 6.45) is 0. The van der Waals surface area contributed by atoms with Crippen molar-refractivity contribution in [2.75, 3.05) is 50.9 Å². The van der Waals surface area contributed by atoms with Gasteiger partial charge in [0.25, 0.3) is 5.91 Å². The number of aromatic nitrogens is 1. The molecule has 1 aliphatic rings. The maximum absolute atomic E-state index is 14.2. The van der Waals surface area contributed by atoms with Crippen LogP contribution < -0.4 is 9.64 Å². The second-order valence-corrected chi connectivity index (χ2v) is 8.11. The minimum Gasteiger partial charge on any atom is -0.494 e. The Hall–Kier alpha value is -2.33. The molecule has 1 fully saturated rings. The quantitative estimate of drug-likeness (QED) is 0.499. The highest BCUT2D eigenvalue weighted by Gasteiger charge is 2.24. The van der Waals surface area contributed by atoms with Crippen LogP contribution in [-0.2, 0) is 4.74 Å². The molecule has 0 saturated carbocycles. The maximum Gasteiger partial charge on any atom is 0.260 e. The van der Waals surface area contributed by atoms with E-state index in [4.69, 9.17) is 9.47 Å². The van der Waals surface area contributed by atoms with E-state index in [9.17, 15) is 13.6 Å². The number of carbonyl (C=O) groups excluding carboxylic acids is 1. The lowest BCUT2D eigenvalue weighted by Crippen LogP contribution is -2.43. The van der Waals surface area contributed by atoms with Crippen molar-refractivity contribution in [1.29, 1.82) is 0 Å². The predicted molar refractivity (Wildman–Crippen MR) is 123 cm³/mol. The van der Waals surface area contributed by atoms with Crippen molar-refractivity contribution in [3.63, 3.8) is 0 Å². The highest BCUT2D eigenvalue weighted by atomic mass is 35.5. The molecule has 2 aromatic carbocycles. The van der Waals surface area contributed by atoms with Crippen molar-refractivity contribution in [3.05, 3.63) is 53.6 Å². The first-order valence-electron chi connectivity index (χ1n) is 10.2. The molecule has 0 atom stereocenters. The molecule has 0 radical (unpaired) electrons. The molecule has 10 heteroatoms. The lowest BCUT2D eigenvalue weighted by molar-refractivity contribution is 0.0391. The summed E-state index contributed by atoms with van der Waals surface area (Å²) in [6, 6.07) is 8.92. The lowest BCUT2D eigenvalue weighted by atomic mass is 10.2. The smallest absolute Gasteiger partial charge is 0.260 e. The number of rotatable bonds is 7. The van der Waals surface area contributed by atoms with Crippen LogP contribution in [-0.4, -0.2) is 61.8 Å². The largest absolute Gasteiger partial charge is 0.494 e. The van der Waals surface area contributed by atoms with Crippen LogP contribution in [0.2, 0.25) is 0 Å². The minimum atomic E-state index is -0.737. The molecule has 1 aliphatic heterocycles. The average molecular weight is 484 g/mol. The number of ether oxygens (including phenoxy) is 2. The zero-order valence-electron chi connectivity index (χ0n) is 17.6. The Morgan fingerprint density at radius 1 is 1.22 bits per heavy atom. The molecule has 1 aromatic heterocycles. The number of hydrogen-bond acceptors (Lipinski definition) is 6. The number of thiazole rings is 1. The number of benzene rings is 2. The van der Waals surface area contributed by atoms with Crippen molar-refractivity contribution in [2.24, 2.45) is 0 Å². The SMILES string of the molecule is CCOc1ccc(C(=O)N(CCN2CCOCC2)c2nc3c(F)cc(F)cc3s2)cc1.Cl. The summed E-state index contributed by atoms with van der Waals surface area (Å²) in [5.41, 5.74) is 0.536. The molecule has 0 unspecified atom stereocenters. The Morgan fingerprint density at radius 2 is 1.94 bits per heavy atom. The van der Waals surface area contributed by atoms with E-state index in [1.54, 1.807) is 24.3 Å². The van der Waals surface area contributed by atoms with Gasteiger partial charge in [-0.2, -0.15) is 0 Å². The molecule has 0 N–H and O–H groups in total. The van der Waals surface area contributed by atoms with Gasteiger partial charge in [0.15, 0.2) is 10.9 Å². The first kappa shape index (κ1) is 24.3. The van der Waals surface area contributed by atoms with Gasteiger partial charge in [0.1, 0.15) is 17.1 Å². The summed E-state index contributed by atoms with van der Waals surface area (Å²) < 4.78 is 39.0. The molecule has 0 bridgehead atoms. The van der Waals surface area contributed by atoms with E-state index in [1.165, 1.54) is 11.0 Å². The van der Waals surface area contributed by atoms with Gasteiger partial charge in [-0.05, 0) is 37.3 Å². The van der Waals surface area contributed by atoms with E-state index < -0.39 is 11.6 Å². The lowest BCUT2D eigenvalue weighted by Gasteiger charge is -2.29. The highest BCUT2D eigenvalue weighted by molar-refractivity contribution is 7.22. The van der Waals surface area contributed by atoms with Crippen molar-refractivity contribution in [2.45, 2.75) is 6.92 Å². The average Bonchev–Trinajstić information content (AvgIpc) is 3.19. The monoisotopic (exact) mass is 483 g/mol. The second kappa shape index (κ2) is 11.0. The molecule has 3 aromatic rings. The van der Waals surface area contributed by atoms with Gasteiger partial charge >= 0.3 is 0 Å². The van der Waals surface area contributed by atoms with E-state index in [1.807, 2.05) is 6.92 Å². The van der Waals surface area contributed by atoms with Gasteiger partial charge in [-0.25, -0.2) is 13.8 Å². The van der Waals surface area contributed by atoms with Gasteiger partial charge in [-0.15, -0.1) is 12.4 Å². The zero-order valence-corrected chi connectivity index (χ0v) is 19.2. The number of carbonyl (C=O) groups is 1. The van der Waals surface area contributed by atoms with Crippen LogP contribution in [0.25, 0.3) is 10.2 Å². The summed E-state index contributed by atoms with van der Waals surface area (Å²) >= 11 is 1.10. The Morgan fingerprint density at radius 3 is 2.62 bits per heavy atom. The Labute approximate surface area is 195 Å². The van der Waals surface area contributed by atoms with Gasteiger partial charge in [0.05, 0.1) is 24.5 Å². The molecule has 1 saturated heterocycles. The molecular formula is C22H24ClF2N3O3S. The molecule has 6 nitrogen and oxygen atoms in total. The minimum absolute atomic E-state index is 0. The van der Waals surface area contributed by atoms with Crippen LogP contribution in [0, 0.1) is 11.6 Å². The molecule has 1 amide bonds. The zero-order chi connectivity index (χ0) is 21.8. The number of fused-ring (bicyclic) bond motifs is 1. The van der Waals surface area contributed by atoms with E-state index in [2.05, 4.69) is 9.88 Å². The third-order valence-electron chi connectivity index (χ3n) is 5.03. The van der Waals surface area contributed by atoms with E-state index in [0.717, 1.165) is 30.5 Å². The molecule has 4 rings (SSSR count). The van der Waals surface area contributed by atoms with Crippen LogP contribution in [0.1, 0.15) is 17.3 Å². The standard InChI is InChI=1S/C22H23F2N3O3S.ClH/c1-2-30-17-5-3-15(4-6-17)21(28)27(8-7-26-9-11-29-12-10-26)22-25-20-18(24)13-16(23)14-19(20)31-22;/h3-6,13-14H,2,7-12H2,1H3;1H. The van der Waals surface area contributed by atoms with E-state index in [0.29, 0.717) is 54.1 Å². The number of morpholine rings is 1. The van der Waals surface area contributed by atoms with Crippen LogP contribution in [0.4, 0.5) is 13.9 Å². The van der Waals surface area contributed by atoms with Crippen molar-refractivity contribution < 1.29 is 23.0 Å². The number of halogens is 3. The number of anilines is 1. The normalized spacial score (nSPS) is 14.2. The van der Waals surface area contributed by atoms with Crippen LogP contribution in [0.5, 0.6) is 5.75 Å². The Kier molecular flexibility index (Phi) is 8.36. The summed E-state index contributed by atoms with van der Waals surface area (Å²) in [5, 5.41) is 0.339. The molecule has 0 aliphatic carbocycles. The van der Waals surface area contributed by atoms with Crippen molar-refractivity contribution >= 4 is 45.0 Å². The third kappa shape index (κ3) is 5.53. The Bertz CT molecular complexity index is 1060. The third-order valence-corrected chi connectivity index (χ3v) is 6.06. The first-order valence-corrected chi connectivity index (χ1v) is 11.0. The fourth-order valence-electron chi connectivity index (χ4n) is 3.43. The highest BCUT2D eigenvalue weighted by Crippen LogP contribution is 2.32. The number of nitrogens with zero attached hydrogens (tertiary/aromatic N) is 3. The number of hydrogen-bond donors (Lipinski definition) is 0. The van der Waals surface area contributed by atoms with Crippen LogP contribution in [0.15, 0.2) is 36.4 Å². The van der Waals surface area contributed by atoms with Gasteiger partial charge in [-0.1, -0.05) is 11.3 Å². The van der Waals surface area contributed by atoms with Gasteiger partial charge in [0.2, 0.25) is 0 Å². The first-order chi connectivity index (χ1) is 15.0.